The lowest BCUT2D eigenvalue weighted by Crippen LogP contribution is -2.21. The van der Waals surface area contributed by atoms with Crippen LogP contribution < -0.4 is 4.74 Å². The van der Waals surface area contributed by atoms with Gasteiger partial charge in [0.05, 0.1) is 30.2 Å². The van der Waals surface area contributed by atoms with E-state index in [-0.39, 0.29) is 12.2 Å². The Kier molecular flexibility index (Phi) is 5.68. The molecule has 22 heavy (non-hydrogen) atoms. The molecule has 1 rings (SSSR count). The predicted octanol–water partition coefficient (Wildman–Crippen LogP) is 3.50. The molecule has 0 aromatic heterocycles. The molecule has 0 aliphatic rings. The van der Waals surface area contributed by atoms with E-state index in [2.05, 4.69) is 9.47 Å². The number of carbonyl (C=O) groups is 1. The van der Waals surface area contributed by atoms with E-state index in [1.54, 1.807) is 0 Å². The molecule has 0 fully saturated rings. The fraction of sp³-hybridized carbons (Fsp3) is 0.385. The summed E-state index contributed by atoms with van der Waals surface area (Å²) in [5.41, 5.74) is -2.02. The molecule has 0 atom stereocenters. The van der Waals surface area contributed by atoms with Crippen molar-refractivity contribution < 1.29 is 36.2 Å². The van der Waals surface area contributed by atoms with Crippen molar-refractivity contribution in [3.8, 4) is 11.8 Å². The van der Waals surface area contributed by atoms with Crippen molar-refractivity contribution in [1.82, 2.24) is 0 Å². The van der Waals surface area contributed by atoms with E-state index in [0.29, 0.717) is 6.07 Å². The zero-order valence-electron chi connectivity index (χ0n) is 11.2. The normalized spacial score (nSPS) is 11.2. The topological polar surface area (TPSA) is 59.3 Å². The van der Waals surface area contributed by atoms with Crippen LogP contribution in [0.5, 0.6) is 5.75 Å². The van der Waals surface area contributed by atoms with Gasteiger partial charge in [0.1, 0.15) is 5.75 Å². The van der Waals surface area contributed by atoms with Gasteiger partial charge in [-0.05, 0) is 19.1 Å². The number of hydrogen-bond donors (Lipinski definition) is 0. The molecule has 9 heteroatoms. The number of nitriles is 1. The van der Waals surface area contributed by atoms with E-state index < -0.39 is 42.1 Å². The Morgan fingerprint density at radius 3 is 2.45 bits per heavy atom. The third kappa shape index (κ3) is 4.58. The second kappa shape index (κ2) is 7.06. The number of benzene rings is 1. The highest BCUT2D eigenvalue weighted by molar-refractivity contribution is 5.75. The highest BCUT2D eigenvalue weighted by Crippen LogP contribution is 2.37. The van der Waals surface area contributed by atoms with Crippen LogP contribution in [0.1, 0.15) is 30.0 Å². The van der Waals surface area contributed by atoms with Gasteiger partial charge in [0.15, 0.2) is 0 Å². The second-order valence-corrected chi connectivity index (χ2v) is 3.95. The minimum atomic E-state index is -5.25. The molecule has 4 nitrogen and oxygen atoms in total. The third-order valence-corrected chi connectivity index (χ3v) is 2.49. The Balaban J connectivity index is 3.43. The lowest BCUT2D eigenvalue weighted by Gasteiger charge is -2.17. The standard InChI is InChI=1S/C13H10F5NO3/c1-2-21-10(20)5-9-7(6-19)3-4-8(12(14)15)11(9)22-13(16,17)18/h3-4,12H,2,5H2,1H3. The number of halogens is 5. The molecular weight excluding hydrogens is 313 g/mol. The summed E-state index contributed by atoms with van der Waals surface area (Å²) in [5, 5.41) is 8.89. The van der Waals surface area contributed by atoms with Crippen LogP contribution in [0.3, 0.4) is 0 Å². The number of rotatable bonds is 5. The molecule has 0 N–H and O–H groups in total. The first-order chi connectivity index (χ1) is 10.2. The van der Waals surface area contributed by atoms with Crippen LogP contribution >= 0.6 is 0 Å². The van der Waals surface area contributed by atoms with E-state index >= 15 is 0 Å². The van der Waals surface area contributed by atoms with E-state index in [0.717, 1.165) is 6.07 Å². The van der Waals surface area contributed by atoms with Gasteiger partial charge in [-0.2, -0.15) is 5.26 Å². The summed E-state index contributed by atoms with van der Waals surface area (Å²) < 4.78 is 71.1. The quantitative estimate of drug-likeness (QED) is 0.615. The van der Waals surface area contributed by atoms with E-state index in [9.17, 15) is 26.7 Å². The van der Waals surface area contributed by atoms with Gasteiger partial charge in [0.2, 0.25) is 0 Å². The third-order valence-electron chi connectivity index (χ3n) is 2.49. The van der Waals surface area contributed by atoms with Crippen LogP contribution in [-0.4, -0.2) is 18.9 Å². The number of hydrogen-bond acceptors (Lipinski definition) is 4. The van der Waals surface area contributed by atoms with Gasteiger partial charge in [-0.25, -0.2) is 8.78 Å². The number of carbonyl (C=O) groups excluding carboxylic acids is 1. The maximum absolute atomic E-state index is 12.9. The average molecular weight is 323 g/mol. The van der Waals surface area contributed by atoms with Gasteiger partial charge in [-0.1, -0.05) is 0 Å². The molecule has 0 spiro atoms. The summed E-state index contributed by atoms with van der Waals surface area (Å²) in [4.78, 5) is 11.4. The number of alkyl halides is 5. The largest absolute Gasteiger partial charge is 0.573 e. The lowest BCUT2D eigenvalue weighted by molar-refractivity contribution is -0.275. The zero-order chi connectivity index (χ0) is 16.9. The van der Waals surface area contributed by atoms with E-state index in [1.165, 1.54) is 13.0 Å². The van der Waals surface area contributed by atoms with Gasteiger partial charge >= 0.3 is 12.3 Å². The minimum absolute atomic E-state index is 0.0509. The van der Waals surface area contributed by atoms with Gasteiger partial charge in [-0.3, -0.25) is 4.79 Å². The second-order valence-electron chi connectivity index (χ2n) is 3.95. The summed E-state index contributed by atoms with van der Waals surface area (Å²) in [6, 6.07) is 3.09. The maximum Gasteiger partial charge on any atom is 0.573 e. The van der Waals surface area contributed by atoms with Crippen LogP contribution in [0.15, 0.2) is 12.1 Å². The minimum Gasteiger partial charge on any atom is -0.466 e. The monoisotopic (exact) mass is 323 g/mol. The van der Waals surface area contributed by atoms with Crippen LogP contribution in [-0.2, 0) is 16.0 Å². The van der Waals surface area contributed by atoms with Crippen molar-refractivity contribution in [2.45, 2.75) is 26.1 Å². The number of nitrogens with zero attached hydrogens (tertiary/aromatic N) is 1. The average Bonchev–Trinajstić information content (AvgIpc) is 2.38. The number of ether oxygens (including phenoxy) is 2. The van der Waals surface area contributed by atoms with Crippen molar-refractivity contribution in [2.75, 3.05) is 6.61 Å². The highest BCUT2D eigenvalue weighted by Gasteiger charge is 2.35. The van der Waals surface area contributed by atoms with Crippen molar-refractivity contribution in [3.05, 3.63) is 28.8 Å². The van der Waals surface area contributed by atoms with E-state index in [4.69, 9.17) is 5.26 Å². The Labute approximate surface area is 122 Å². The van der Waals surface area contributed by atoms with Gasteiger partial charge in [0, 0.05) is 5.56 Å². The molecule has 0 heterocycles. The molecule has 120 valence electrons. The molecular formula is C13H10F5NO3. The van der Waals surface area contributed by atoms with Crippen molar-refractivity contribution in [3.63, 3.8) is 0 Å². The summed E-state index contributed by atoms with van der Waals surface area (Å²) >= 11 is 0. The SMILES string of the molecule is CCOC(=O)Cc1c(C#N)ccc(C(F)F)c1OC(F)(F)F. The molecule has 0 saturated heterocycles. The molecule has 1 aromatic rings. The van der Waals surface area contributed by atoms with Gasteiger partial charge in [0.25, 0.3) is 6.43 Å². The molecule has 0 amide bonds. The zero-order valence-corrected chi connectivity index (χ0v) is 11.2. The summed E-state index contributed by atoms with van der Waals surface area (Å²) in [5.74, 6) is -2.20. The van der Waals surface area contributed by atoms with Crippen LogP contribution in [0.25, 0.3) is 0 Å². The summed E-state index contributed by atoms with van der Waals surface area (Å²) in [6.07, 6.45) is -9.31. The fourth-order valence-corrected chi connectivity index (χ4v) is 1.69. The molecule has 1 aromatic carbocycles. The van der Waals surface area contributed by atoms with Crippen molar-refractivity contribution in [1.29, 1.82) is 5.26 Å². The fourth-order valence-electron chi connectivity index (χ4n) is 1.69. The number of esters is 1. The first-order valence-corrected chi connectivity index (χ1v) is 5.95. The first kappa shape index (κ1) is 17.7. The molecule has 0 bridgehead atoms. The molecule has 0 unspecified atom stereocenters. The first-order valence-electron chi connectivity index (χ1n) is 5.95. The Hall–Kier alpha value is -2.37. The van der Waals surface area contributed by atoms with Crippen LogP contribution in [0, 0.1) is 11.3 Å². The van der Waals surface area contributed by atoms with Crippen molar-refractivity contribution in [2.24, 2.45) is 0 Å². The predicted molar refractivity (Wildman–Crippen MR) is 63.1 cm³/mol. The molecule has 0 aliphatic carbocycles. The van der Waals surface area contributed by atoms with E-state index in [1.807, 2.05) is 0 Å². The van der Waals surface area contributed by atoms with Gasteiger partial charge in [-0.15, -0.1) is 13.2 Å². The molecule has 0 radical (unpaired) electrons. The summed E-state index contributed by atoms with van der Waals surface area (Å²) in [7, 11) is 0. The van der Waals surface area contributed by atoms with Gasteiger partial charge < -0.3 is 9.47 Å². The van der Waals surface area contributed by atoms with Crippen LogP contribution in [0.2, 0.25) is 0 Å². The van der Waals surface area contributed by atoms with Crippen molar-refractivity contribution >= 4 is 5.97 Å². The molecule has 0 aliphatic heterocycles. The Morgan fingerprint density at radius 1 is 1.36 bits per heavy atom. The Bertz CT molecular complexity index is 593. The summed E-state index contributed by atoms with van der Waals surface area (Å²) in [6.45, 7) is 1.41. The highest BCUT2D eigenvalue weighted by atomic mass is 19.4. The van der Waals surface area contributed by atoms with Crippen LogP contribution in [0.4, 0.5) is 22.0 Å². The smallest absolute Gasteiger partial charge is 0.466 e. The lowest BCUT2D eigenvalue weighted by atomic mass is 10.00. The molecule has 0 saturated carbocycles. The maximum atomic E-state index is 12.9. The Morgan fingerprint density at radius 2 is 2.00 bits per heavy atom.